The van der Waals surface area contributed by atoms with E-state index in [2.05, 4.69) is 0 Å². The Morgan fingerprint density at radius 3 is 2.34 bits per heavy atom. The second-order valence-electron chi connectivity index (χ2n) is 6.29. The lowest BCUT2D eigenvalue weighted by Gasteiger charge is -2.06. The van der Waals surface area contributed by atoms with Gasteiger partial charge in [0.2, 0.25) is 0 Å². The van der Waals surface area contributed by atoms with Gasteiger partial charge < -0.3 is 9.47 Å². The van der Waals surface area contributed by atoms with Crippen LogP contribution in [0.4, 0.5) is 5.69 Å². The lowest BCUT2D eigenvalue weighted by atomic mass is 10.1. The van der Waals surface area contributed by atoms with Gasteiger partial charge >= 0.3 is 5.97 Å². The van der Waals surface area contributed by atoms with Gasteiger partial charge in [-0.1, -0.05) is 30.3 Å². The SMILES string of the molecule is O=C1OC(c2ccc(Oc3ccccc3)cc2)=C/C1=C/c1cccc([N+](=O)[O-])c1. The number of hydrogen-bond donors (Lipinski definition) is 0. The Labute approximate surface area is 166 Å². The first-order chi connectivity index (χ1) is 14.1. The van der Waals surface area contributed by atoms with Gasteiger partial charge in [-0.2, -0.15) is 0 Å². The molecule has 3 aromatic carbocycles. The van der Waals surface area contributed by atoms with E-state index in [9.17, 15) is 14.9 Å². The molecular weight excluding hydrogens is 370 g/mol. The molecule has 6 heteroatoms. The van der Waals surface area contributed by atoms with E-state index < -0.39 is 10.9 Å². The molecule has 0 spiro atoms. The van der Waals surface area contributed by atoms with E-state index in [0.717, 1.165) is 11.3 Å². The number of nitro groups is 1. The Kier molecular flexibility index (Phi) is 4.90. The van der Waals surface area contributed by atoms with Crippen LogP contribution < -0.4 is 4.74 Å². The molecule has 3 aromatic rings. The van der Waals surface area contributed by atoms with E-state index in [-0.39, 0.29) is 5.69 Å². The van der Waals surface area contributed by atoms with E-state index in [0.29, 0.717) is 22.6 Å². The van der Waals surface area contributed by atoms with Crippen molar-refractivity contribution in [2.75, 3.05) is 0 Å². The number of carbonyl (C=O) groups excluding carboxylic acids is 1. The molecular formula is C23H15NO5. The molecule has 0 fully saturated rings. The quantitative estimate of drug-likeness (QED) is 0.255. The van der Waals surface area contributed by atoms with Crippen molar-refractivity contribution in [1.82, 2.24) is 0 Å². The third-order valence-electron chi connectivity index (χ3n) is 4.25. The van der Waals surface area contributed by atoms with Gasteiger partial charge in [-0.3, -0.25) is 10.1 Å². The van der Waals surface area contributed by atoms with Crippen molar-refractivity contribution >= 4 is 23.5 Å². The summed E-state index contributed by atoms with van der Waals surface area (Å²) in [5, 5.41) is 10.9. The number of cyclic esters (lactones) is 1. The van der Waals surface area contributed by atoms with E-state index in [1.54, 1.807) is 48.6 Å². The van der Waals surface area contributed by atoms with Crippen LogP contribution in [0, 0.1) is 10.1 Å². The highest BCUT2D eigenvalue weighted by atomic mass is 16.6. The van der Waals surface area contributed by atoms with Crippen molar-refractivity contribution in [3.8, 4) is 11.5 Å². The molecule has 0 radical (unpaired) electrons. The monoisotopic (exact) mass is 385 g/mol. The number of nitro benzene ring substituents is 1. The Morgan fingerprint density at radius 1 is 0.897 bits per heavy atom. The number of nitrogens with zero attached hydrogens (tertiary/aromatic N) is 1. The average molecular weight is 385 g/mol. The van der Waals surface area contributed by atoms with Crippen molar-refractivity contribution in [2.45, 2.75) is 0 Å². The molecule has 0 amide bonds. The fourth-order valence-corrected chi connectivity index (χ4v) is 2.85. The smallest absolute Gasteiger partial charge is 0.343 e. The molecule has 142 valence electrons. The minimum atomic E-state index is -0.504. The van der Waals surface area contributed by atoms with Crippen LogP contribution in [0.25, 0.3) is 11.8 Å². The van der Waals surface area contributed by atoms with Gasteiger partial charge in [0.25, 0.3) is 5.69 Å². The van der Waals surface area contributed by atoms with Crippen molar-refractivity contribution in [3.63, 3.8) is 0 Å². The van der Waals surface area contributed by atoms with Crippen LogP contribution in [0.5, 0.6) is 11.5 Å². The number of benzene rings is 3. The molecule has 4 rings (SSSR count). The maximum Gasteiger partial charge on any atom is 0.343 e. The van der Waals surface area contributed by atoms with E-state index >= 15 is 0 Å². The summed E-state index contributed by atoms with van der Waals surface area (Å²) in [4.78, 5) is 22.6. The van der Waals surface area contributed by atoms with E-state index in [1.165, 1.54) is 12.1 Å². The van der Waals surface area contributed by atoms with Crippen molar-refractivity contribution in [3.05, 3.63) is 112 Å². The second-order valence-corrected chi connectivity index (χ2v) is 6.29. The van der Waals surface area contributed by atoms with Crippen LogP contribution in [0.2, 0.25) is 0 Å². The summed E-state index contributed by atoms with van der Waals surface area (Å²) in [6.07, 6.45) is 3.18. The minimum absolute atomic E-state index is 0.0380. The maximum absolute atomic E-state index is 12.2. The van der Waals surface area contributed by atoms with Gasteiger partial charge in [0, 0.05) is 17.7 Å². The summed E-state index contributed by atoms with van der Waals surface area (Å²) in [5.74, 6) is 1.31. The number of para-hydroxylation sites is 1. The minimum Gasteiger partial charge on any atom is -0.457 e. The number of esters is 1. The number of hydrogen-bond acceptors (Lipinski definition) is 5. The Morgan fingerprint density at radius 2 is 1.62 bits per heavy atom. The summed E-state index contributed by atoms with van der Waals surface area (Å²) >= 11 is 0. The lowest BCUT2D eigenvalue weighted by Crippen LogP contribution is -1.97. The zero-order valence-electron chi connectivity index (χ0n) is 15.1. The molecule has 0 unspecified atom stereocenters. The Bertz CT molecular complexity index is 1130. The maximum atomic E-state index is 12.2. The van der Waals surface area contributed by atoms with E-state index in [4.69, 9.17) is 9.47 Å². The highest BCUT2D eigenvalue weighted by molar-refractivity contribution is 6.05. The van der Waals surface area contributed by atoms with Crippen LogP contribution in [0.3, 0.4) is 0 Å². The largest absolute Gasteiger partial charge is 0.457 e. The highest BCUT2D eigenvalue weighted by Crippen LogP contribution is 2.30. The first kappa shape index (κ1) is 18.2. The van der Waals surface area contributed by atoms with Gasteiger partial charge in [0.05, 0.1) is 10.5 Å². The second kappa shape index (κ2) is 7.82. The predicted molar refractivity (Wildman–Crippen MR) is 108 cm³/mol. The van der Waals surface area contributed by atoms with Crippen molar-refractivity contribution in [2.24, 2.45) is 0 Å². The number of non-ortho nitro benzene ring substituents is 1. The summed E-state index contributed by atoms with van der Waals surface area (Å²) in [7, 11) is 0. The standard InChI is InChI=1S/C23H15NO5/c25-23-18(13-16-5-4-6-19(14-16)24(26)27)15-22(29-23)17-9-11-21(12-10-17)28-20-7-2-1-3-8-20/h1-15H/b18-13-. The van der Waals surface area contributed by atoms with Gasteiger partial charge in [0.15, 0.2) is 0 Å². The van der Waals surface area contributed by atoms with Gasteiger partial charge in [-0.15, -0.1) is 0 Å². The fraction of sp³-hybridized carbons (Fsp3) is 0. The first-order valence-electron chi connectivity index (χ1n) is 8.82. The van der Waals surface area contributed by atoms with Crippen LogP contribution >= 0.6 is 0 Å². The third-order valence-corrected chi connectivity index (χ3v) is 4.25. The Hall–Kier alpha value is -4.19. The molecule has 6 nitrogen and oxygen atoms in total. The molecule has 0 saturated heterocycles. The lowest BCUT2D eigenvalue weighted by molar-refractivity contribution is -0.384. The number of carbonyl (C=O) groups is 1. The fourth-order valence-electron chi connectivity index (χ4n) is 2.85. The summed E-state index contributed by atoms with van der Waals surface area (Å²) < 4.78 is 11.1. The number of ether oxygens (including phenoxy) is 2. The topological polar surface area (TPSA) is 78.7 Å². The normalized spacial score (nSPS) is 14.4. The molecule has 0 aliphatic carbocycles. The zero-order valence-corrected chi connectivity index (χ0v) is 15.1. The Balaban J connectivity index is 1.54. The molecule has 0 atom stereocenters. The van der Waals surface area contributed by atoms with Gasteiger partial charge in [0.1, 0.15) is 17.3 Å². The van der Waals surface area contributed by atoms with E-state index in [1.807, 2.05) is 30.3 Å². The summed E-state index contributed by atoms with van der Waals surface area (Å²) in [6.45, 7) is 0. The molecule has 1 aliphatic rings. The third kappa shape index (κ3) is 4.22. The van der Waals surface area contributed by atoms with Crippen molar-refractivity contribution in [1.29, 1.82) is 0 Å². The van der Waals surface area contributed by atoms with Crippen LogP contribution in [0.15, 0.2) is 90.5 Å². The molecule has 0 aromatic heterocycles. The van der Waals surface area contributed by atoms with Crippen LogP contribution in [0.1, 0.15) is 11.1 Å². The van der Waals surface area contributed by atoms with Crippen LogP contribution in [-0.4, -0.2) is 10.9 Å². The molecule has 29 heavy (non-hydrogen) atoms. The zero-order chi connectivity index (χ0) is 20.2. The molecule has 1 heterocycles. The average Bonchev–Trinajstić information content (AvgIpc) is 3.10. The predicted octanol–water partition coefficient (Wildman–Crippen LogP) is 5.37. The molecule has 0 saturated carbocycles. The summed E-state index contributed by atoms with van der Waals surface area (Å²) in [6, 6.07) is 22.7. The number of rotatable bonds is 5. The molecule has 0 bridgehead atoms. The van der Waals surface area contributed by atoms with Crippen LogP contribution in [-0.2, 0) is 9.53 Å². The van der Waals surface area contributed by atoms with Gasteiger partial charge in [-0.05, 0) is 54.1 Å². The van der Waals surface area contributed by atoms with Crippen molar-refractivity contribution < 1.29 is 19.2 Å². The highest BCUT2D eigenvalue weighted by Gasteiger charge is 2.22. The molecule has 0 N–H and O–H groups in total. The first-order valence-corrected chi connectivity index (χ1v) is 8.82. The van der Waals surface area contributed by atoms with Gasteiger partial charge in [-0.25, -0.2) is 4.79 Å². The molecule has 1 aliphatic heterocycles. The summed E-state index contributed by atoms with van der Waals surface area (Å²) in [5.41, 5.74) is 1.56.